The Labute approximate surface area is 173 Å². The molecular formula is C21H30N2O5S. The molecule has 3 rings (SSSR count). The Balaban J connectivity index is 0.000000219. The van der Waals surface area contributed by atoms with Crippen LogP contribution in [0.4, 0.5) is 0 Å². The maximum atomic E-state index is 11.4. The number of H-pyrrole nitrogens is 2. The molecule has 0 aliphatic carbocycles. The predicted molar refractivity (Wildman–Crippen MR) is 116 cm³/mol. The van der Waals surface area contributed by atoms with Gasteiger partial charge in [-0.15, -0.1) is 0 Å². The predicted octanol–water partition coefficient (Wildman–Crippen LogP) is 4.72. The van der Waals surface area contributed by atoms with E-state index in [2.05, 4.69) is 23.4 Å². The molecule has 29 heavy (non-hydrogen) atoms. The summed E-state index contributed by atoms with van der Waals surface area (Å²) in [5, 5.41) is 2.22. The van der Waals surface area contributed by atoms with E-state index >= 15 is 0 Å². The molecule has 0 amide bonds. The molecule has 0 spiro atoms. The lowest BCUT2D eigenvalue weighted by atomic mass is 10.0. The quantitative estimate of drug-likeness (QED) is 0.634. The molecule has 160 valence electrons. The summed E-state index contributed by atoms with van der Waals surface area (Å²) in [7, 11) is 0. The first-order valence-corrected chi connectivity index (χ1v) is 10.3. The van der Waals surface area contributed by atoms with Crippen LogP contribution in [0.3, 0.4) is 0 Å². The van der Waals surface area contributed by atoms with Gasteiger partial charge in [0.2, 0.25) is 0 Å². The molecule has 3 aromatic heterocycles. The van der Waals surface area contributed by atoms with Gasteiger partial charge in [0.15, 0.2) is 5.43 Å². The average Bonchev–Trinajstić information content (AvgIpc) is 3.27. The summed E-state index contributed by atoms with van der Waals surface area (Å²) in [5.74, 6) is 1.70. The van der Waals surface area contributed by atoms with Gasteiger partial charge in [0.05, 0.1) is 12.5 Å². The topological polar surface area (TPSA) is 109 Å². The molecule has 0 atom stereocenters. The lowest BCUT2D eigenvalue weighted by Gasteiger charge is -2.02. The van der Waals surface area contributed by atoms with E-state index in [0.29, 0.717) is 17.2 Å². The van der Waals surface area contributed by atoms with Crippen molar-refractivity contribution in [2.45, 2.75) is 66.2 Å². The van der Waals surface area contributed by atoms with Crippen LogP contribution >= 0.6 is 11.5 Å². The molecule has 7 nitrogen and oxygen atoms in total. The molecule has 3 heterocycles. The van der Waals surface area contributed by atoms with Crippen LogP contribution in [0.5, 0.6) is 0 Å². The highest BCUT2D eigenvalue weighted by Crippen LogP contribution is 2.14. The fraction of sp³-hybridized carbons (Fsp3) is 0.476. The summed E-state index contributed by atoms with van der Waals surface area (Å²) < 4.78 is 12.4. The van der Waals surface area contributed by atoms with Crippen LogP contribution in [-0.4, -0.2) is 9.53 Å². The van der Waals surface area contributed by atoms with Gasteiger partial charge in [-0.25, -0.2) is 0 Å². The zero-order valence-electron chi connectivity index (χ0n) is 18.0. The Morgan fingerprint density at radius 3 is 1.83 bits per heavy atom. The van der Waals surface area contributed by atoms with E-state index in [1.54, 1.807) is 13.0 Å². The van der Waals surface area contributed by atoms with E-state index in [1.165, 1.54) is 30.1 Å². The van der Waals surface area contributed by atoms with E-state index < -0.39 is 0 Å². The van der Waals surface area contributed by atoms with Crippen molar-refractivity contribution in [2.75, 3.05) is 0 Å². The fourth-order valence-electron chi connectivity index (χ4n) is 2.11. The van der Waals surface area contributed by atoms with Crippen molar-refractivity contribution in [3.63, 3.8) is 0 Å². The van der Waals surface area contributed by atoms with Gasteiger partial charge in [-0.3, -0.25) is 18.8 Å². The first-order chi connectivity index (χ1) is 13.5. The highest BCUT2D eigenvalue weighted by Gasteiger charge is 2.06. The van der Waals surface area contributed by atoms with Gasteiger partial charge in [0.25, 0.3) is 11.1 Å². The Morgan fingerprint density at radius 1 is 0.862 bits per heavy atom. The smallest absolute Gasteiger partial charge is 0.280 e. The van der Waals surface area contributed by atoms with Crippen molar-refractivity contribution in [3.05, 3.63) is 77.4 Å². The highest BCUT2D eigenvalue weighted by atomic mass is 32.1. The Hall–Kier alpha value is -2.61. The van der Waals surface area contributed by atoms with Gasteiger partial charge in [-0.1, -0.05) is 53.1 Å². The van der Waals surface area contributed by atoms with Crippen LogP contribution in [0.15, 0.2) is 48.0 Å². The van der Waals surface area contributed by atoms with Crippen molar-refractivity contribution in [1.82, 2.24) is 9.53 Å². The van der Waals surface area contributed by atoms with Gasteiger partial charge in [-0.2, -0.15) is 5.16 Å². The lowest BCUT2D eigenvalue weighted by Crippen LogP contribution is -2.11. The monoisotopic (exact) mass is 422 g/mol. The van der Waals surface area contributed by atoms with Crippen molar-refractivity contribution in [3.8, 4) is 0 Å². The number of hydrogen-bond acceptors (Lipinski definition) is 6. The van der Waals surface area contributed by atoms with Crippen molar-refractivity contribution >= 4 is 11.5 Å². The van der Waals surface area contributed by atoms with E-state index in [4.69, 9.17) is 8.94 Å². The Bertz CT molecular complexity index is 982. The molecule has 0 aromatic carbocycles. The molecule has 0 bridgehead atoms. The Kier molecular flexibility index (Phi) is 9.61. The van der Waals surface area contributed by atoms with Crippen LogP contribution in [0, 0.1) is 6.92 Å². The average molecular weight is 423 g/mol. The van der Waals surface area contributed by atoms with Crippen molar-refractivity contribution < 1.29 is 8.94 Å². The molecule has 0 saturated heterocycles. The third-order valence-corrected chi connectivity index (χ3v) is 5.03. The van der Waals surface area contributed by atoms with Gasteiger partial charge in [0, 0.05) is 34.1 Å². The summed E-state index contributed by atoms with van der Waals surface area (Å²) in [5.41, 5.74) is 1.38. The molecule has 0 aliphatic heterocycles. The van der Waals surface area contributed by atoms with Crippen molar-refractivity contribution in [2.24, 2.45) is 0 Å². The van der Waals surface area contributed by atoms with E-state index in [1.807, 2.05) is 27.7 Å². The number of aryl methyl sites for hydroxylation is 1. The maximum Gasteiger partial charge on any atom is 0.280 e. The van der Waals surface area contributed by atoms with E-state index in [-0.39, 0.29) is 28.4 Å². The minimum Gasteiger partial charge on any atom is -0.472 e. The van der Waals surface area contributed by atoms with Gasteiger partial charge in [-0.05, 0) is 18.8 Å². The minimum atomic E-state index is -0.168. The highest BCUT2D eigenvalue weighted by molar-refractivity contribution is 7.05. The number of rotatable bonds is 3. The number of nitrogens with one attached hydrogen (secondary N) is 2. The van der Waals surface area contributed by atoms with E-state index in [9.17, 15) is 14.4 Å². The number of aromatic nitrogens is 2. The minimum absolute atomic E-state index is 0.0173. The second-order valence-electron chi connectivity index (χ2n) is 7.53. The molecule has 8 heteroatoms. The van der Waals surface area contributed by atoms with Crippen LogP contribution in [0.2, 0.25) is 0 Å². The van der Waals surface area contributed by atoms with Crippen LogP contribution < -0.4 is 16.5 Å². The van der Waals surface area contributed by atoms with Crippen LogP contribution in [0.1, 0.15) is 81.1 Å². The summed E-state index contributed by atoms with van der Waals surface area (Å²) in [6, 6.07) is 3.11. The first-order valence-electron chi connectivity index (χ1n) is 9.46. The van der Waals surface area contributed by atoms with E-state index in [0.717, 1.165) is 10.4 Å². The molecule has 0 radical (unpaired) electrons. The lowest BCUT2D eigenvalue weighted by molar-refractivity contribution is 0.367. The van der Waals surface area contributed by atoms with Gasteiger partial charge >= 0.3 is 0 Å². The standard InChI is InChI=1S/C9H12O2.C6H9NO2.C6H9NOS/c1-6(2)8-5-11-4-7(3)9(8)10;2*1-4(2)5-3-6(8)7-9-5/h4-6H,1-3H3;2*3-4H,1-2H3,(H,7,8). The molecule has 0 unspecified atom stereocenters. The third kappa shape index (κ3) is 8.11. The summed E-state index contributed by atoms with van der Waals surface area (Å²) in [6.07, 6.45) is 3.01. The van der Waals surface area contributed by atoms with Crippen LogP contribution in [-0.2, 0) is 0 Å². The zero-order chi connectivity index (χ0) is 22.1. The molecular weight excluding hydrogens is 392 g/mol. The Morgan fingerprint density at radius 2 is 1.52 bits per heavy atom. The number of hydrogen-bond donors (Lipinski definition) is 2. The second kappa shape index (κ2) is 11.4. The third-order valence-electron chi connectivity index (χ3n) is 3.91. The van der Waals surface area contributed by atoms with Crippen molar-refractivity contribution in [1.29, 1.82) is 0 Å². The summed E-state index contributed by atoms with van der Waals surface area (Å²) >= 11 is 1.42. The number of aromatic amines is 2. The maximum absolute atomic E-state index is 11.4. The molecule has 3 aromatic rings. The summed E-state index contributed by atoms with van der Waals surface area (Å²) in [4.78, 5) is 33.5. The molecule has 0 aliphatic rings. The van der Waals surface area contributed by atoms with Gasteiger partial charge in [0.1, 0.15) is 5.76 Å². The molecule has 0 fully saturated rings. The second-order valence-corrected chi connectivity index (χ2v) is 8.41. The SMILES string of the molecule is CC(C)c1cc(=O)[nH]o1.CC(C)c1cc(=O)[nH]s1.Cc1cocc(C(C)C)c1=O. The fourth-order valence-corrected chi connectivity index (χ4v) is 2.79. The largest absolute Gasteiger partial charge is 0.472 e. The normalized spacial score (nSPS) is 10.6. The first kappa shape index (κ1) is 24.4. The molecule has 0 saturated carbocycles. The van der Waals surface area contributed by atoms with Crippen LogP contribution in [0.25, 0.3) is 0 Å². The van der Waals surface area contributed by atoms with Gasteiger partial charge < -0.3 is 8.94 Å². The summed E-state index contributed by atoms with van der Waals surface area (Å²) in [6.45, 7) is 13.8. The zero-order valence-corrected chi connectivity index (χ0v) is 18.8. The molecule has 2 N–H and O–H groups in total.